The van der Waals surface area contributed by atoms with Gasteiger partial charge in [0.05, 0.1) is 17.6 Å². The lowest BCUT2D eigenvalue weighted by Gasteiger charge is -2.55. The van der Waals surface area contributed by atoms with Gasteiger partial charge in [-0.15, -0.1) is 0 Å². The van der Waals surface area contributed by atoms with Crippen LogP contribution in [0.1, 0.15) is 57.8 Å². The molecule has 0 bridgehead atoms. The third-order valence-electron chi connectivity index (χ3n) is 9.02. The number of benzene rings is 1. The number of carbonyl (C=O) groups is 1. The first kappa shape index (κ1) is 22.1. The van der Waals surface area contributed by atoms with Gasteiger partial charge in [0.2, 0.25) is 0 Å². The summed E-state index contributed by atoms with van der Waals surface area (Å²) in [6.45, 7) is 0.0625. The number of carbonyl (C=O) groups excluding carboxylic acids is 1. The zero-order valence-electron chi connectivity index (χ0n) is 17.7. The molecular formula is C24H31BrO5S. The van der Waals surface area contributed by atoms with Crippen LogP contribution < -0.4 is 0 Å². The molecule has 4 fully saturated rings. The minimum Gasteiger partial charge on any atom is -0.392 e. The van der Waals surface area contributed by atoms with Crippen molar-refractivity contribution in [2.75, 3.05) is 6.61 Å². The maximum atomic E-state index is 12.8. The van der Waals surface area contributed by atoms with E-state index in [1.54, 1.807) is 24.3 Å². The second-order valence-corrected chi connectivity index (χ2v) is 12.8. The Balaban J connectivity index is 1.35. The van der Waals surface area contributed by atoms with Crippen LogP contribution in [0.15, 0.2) is 33.6 Å². The highest BCUT2D eigenvalue weighted by molar-refractivity contribution is 9.10. The molecule has 5 rings (SSSR count). The normalized spacial score (nSPS) is 40.1. The molecule has 1 aromatic rings. The first-order valence-electron chi connectivity index (χ1n) is 11.6. The van der Waals surface area contributed by atoms with E-state index in [2.05, 4.69) is 15.9 Å². The molecule has 0 aromatic heterocycles. The Morgan fingerprint density at radius 1 is 1.00 bits per heavy atom. The van der Waals surface area contributed by atoms with Crippen LogP contribution in [-0.4, -0.2) is 32.0 Å². The van der Waals surface area contributed by atoms with Crippen molar-refractivity contribution in [2.45, 2.75) is 68.8 Å². The third kappa shape index (κ3) is 3.83. The van der Waals surface area contributed by atoms with Crippen molar-refractivity contribution >= 4 is 31.8 Å². The van der Waals surface area contributed by atoms with Gasteiger partial charge >= 0.3 is 0 Å². The van der Waals surface area contributed by atoms with Crippen LogP contribution >= 0.6 is 15.9 Å². The van der Waals surface area contributed by atoms with Crippen molar-refractivity contribution in [3.63, 3.8) is 0 Å². The summed E-state index contributed by atoms with van der Waals surface area (Å²) in [5.74, 6) is 3.01. The fourth-order valence-corrected chi connectivity index (χ4v) is 8.82. The summed E-state index contributed by atoms with van der Waals surface area (Å²) in [6.07, 6.45) is 7.66. The molecule has 0 amide bonds. The van der Waals surface area contributed by atoms with Gasteiger partial charge in [0.1, 0.15) is 5.78 Å². The van der Waals surface area contributed by atoms with Crippen LogP contribution in [-0.2, 0) is 19.1 Å². The molecule has 170 valence electrons. The minimum absolute atomic E-state index is 0.0625. The number of hydrogen-bond acceptors (Lipinski definition) is 5. The molecule has 4 saturated carbocycles. The molecule has 0 heterocycles. The highest BCUT2D eigenvalue weighted by atomic mass is 79.9. The molecule has 4 aliphatic carbocycles. The van der Waals surface area contributed by atoms with Gasteiger partial charge in [-0.1, -0.05) is 15.9 Å². The van der Waals surface area contributed by atoms with Gasteiger partial charge in [0.25, 0.3) is 10.1 Å². The average molecular weight is 511 g/mol. The van der Waals surface area contributed by atoms with Crippen molar-refractivity contribution in [1.29, 1.82) is 0 Å². The smallest absolute Gasteiger partial charge is 0.296 e. The molecule has 4 unspecified atom stereocenters. The molecule has 7 atom stereocenters. The molecule has 7 heteroatoms. The first-order valence-corrected chi connectivity index (χ1v) is 13.8. The molecule has 1 N–H and O–H groups in total. The molecular weight excluding hydrogens is 480 g/mol. The number of aliphatic hydroxyl groups excluding tert-OH is 1. The van der Waals surface area contributed by atoms with Gasteiger partial charge in [-0.25, -0.2) is 0 Å². The number of rotatable bonds is 4. The summed E-state index contributed by atoms with van der Waals surface area (Å²) < 4.78 is 32.1. The van der Waals surface area contributed by atoms with E-state index in [0.717, 1.165) is 62.3 Å². The SMILES string of the molecule is O=C1CCC2C3CC[C@@]4(COS(=O)(=O)c5ccc(Br)cc5)C(CC[C@@H]4O)C3CC[C@H]2C1. The maximum Gasteiger partial charge on any atom is 0.296 e. The Bertz CT molecular complexity index is 945. The summed E-state index contributed by atoms with van der Waals surface area (Å²) in [4.78, 5) is 12.1. The van der Waals surface area contributed by atoms with Crippen molar-refractivity contribution in [1.82, 2.24) is 0 Å². The minimum atomic E-state index is -3.87. The van der Waals surface area contributed by atoms with Crippen LogP contribution in [0.2, 0.25) is 0 Å². The zero-order chi connectivity index (χ0) is 21.8. The van der Waals surface area contributed by atoms with E-state index in [0.29, 0.717) is 35.4 Å². The van der Waals surface area contributed by atoms with Gasteiger partial charge < -0.3 is 5.11 Å². The van der Waals surface area contributed by atoms with E-state index in [4.69, 9.17) is 4.18 Å². The number of ketones is 1. The molecule has 0 aliphatic heterocycles. The van der Waals surface area contributed by atoms with Gasteiger partial charge in [-0.05, 0) is 98.8 Å². The van der Waals surface area contributed by atoms with Crippen LogP contribution in [0.3, 0.4) is 0 Å². The predicted octanol–water partition coefficient (Wildman–Crippen LogP) is 4.72. The second-order valence-electron chi connectivity index (χ2n) is 10.3. The second kappa shape index (κ2) is 8.23. The van der Waals surface area contributed by atoms with E-state index >= 15 is 0 Å². The summed E-state index contributed by atoms with van der Waals surface area (Å²) in [6, 6.07) is 6.48. The van der Waals surface area contributed by atoms with Crippen molar-refractivity contribution in [3.8, 4) is 0 Å². The molecule has 0 radical (unpaired) electrons. The Labute approximate surface area is 193 Å². The maximum absolute atomic E-state index is 12.8. The lowest BCUT2D eigenvalue weighted by atomic mass is 9.50. The van der Waals surface area contributed by atoms with Crippen LogP contribution in [0, 0.1) is 35.0 Å². The fourth-order valence-electron chi connectivity index (χ4n) is 7.57. The quantitative estimate of drug-likeness (QED) is 0.592. The standard InChI is InChI=1S/C24H31BrO5S/c25-16-2-5-18(6-3-16)31(28,29)30-14-24-12-11-20-19-8-4-17(26)13-15(19)1-7-21(20)22(24)9-10-23(24)27/h2-3,5-6,15,19-23,27H,1,4,7-14H2/t15-,19?,20?,21?,22?,23-,24+/m0/s1. The number of halogens is 1. The van der Waals surface area contributed by atoms with Crippen LogP contribution in [0.5, 0.6) is 0 Å². The molecule has 1 aromatic carbocycles. The van der Waals surface area contributed by atoms with Crippen molar-refractivity contribution in [2.24, 2.45) is 35.0 Å². The van der Waals surface area contributed by atoms with Gasteiger partial charge in [0, 0.05) is 22.7 Å². The van der Waals surface area contributed by atoms with E-state index in [1.165, 1.54) is 0 Å². The summed E-state index contributed by atoms with van der Waals surface area (Å²) >= 11 is 3.33. The Morgan fingerprint density at radius 3 is 2.55 bits per heavy atom. The van der Waals surface area contributed by atoms with E-state index in [-0.39, 0.29) is 11.5 Å². The van der Waals surface area contributed by atoms with Crippen LogP contribution in [0.25, 0.3) is 0 Å². The number of hydrogen-bond donors (Lipinski definition) is 1. The highest BCUT2D eigenvalue weighted by Crippen LogP contribution is 2.62. The van der Waals surface area contributed by atoms with Crippen molar-refractivity contribution < 1.29 is 22.5 Å². The lowest BCUT2D eigenvalue weighted by Crippen LogP contribution is -2.52. The van der Waals surface area contributed by atoms with E-state index in [1.807, 2.05) is 0 Å². The summed E-state index contributed by atoms with van der Waals surface area (Å²) in [5.41, 5.74) is -0.471. The van der Waals surface area contributed by atoms with Crippen molar-refractivity contribution in [3.05, 3.63) is 28.7 Å². The summed E-state index contributed by atoms with van der Waals surface area (Å²) in [7, 11) is -3.87. The number of Topliss-reactive ketones (excluding diaryl/α,β-unsaturated/α-hetero) is 1. The van der Waals surface area contributed by atoms with Gasteiger partial charge in [-0.3, -0.25) is 8.98 Å². The van der Waals surface area contributed by atoms with Gasteiger partial charge in [-0.2, -0.15) is 8.42 Å². The number of aliphatic hydroxyl groups is 1. The molecule has 0 spiro atoms. The first-order chi connectivity index (χ1) is 14.8. The Morgan fingerprint density at radius 2 is 1.77 bits per heavy atom. The monoisotopic (exact) mass is 510 g/mol. The fraction of sp³-hybridized carbons (Fsp3) is 0.708. The Kier molecular flexibility index (Phi) is 5.85. The average Bonchev–Trinajstić information content (AvgIpc) is 3.09. The predicted molar refractivity (Wildman–Crippen MR) is 120 cm³/mol. The third-order valence-corrected chi connectivity index (χ3v) is 10.8. The van der Waals surface area contributed by atoms with Gasteiger partial charge in [0.15, 0.2) is 0 Å². The summed E-state index contributed by atoms with van der Waals surface area (Å²) in [5, 5.41) is 11.0. The Hall–Kier alpha value is -0.760. The lowest BCUT2D eigenvalue weighted by molar-refractivity contribution is -0.131. The van der Waals surface area contributed by atoms with Crippen LogP contribution in [0.4, 0.5) is 0 Å². The zero-order valence-corrected chi connectivity index (χ0v) is 20.1. The number of fused-ring (bicyclic) bond motifs is 5. The van der Waals surface area contributed by atoms with E-state index in [9.17, 15) is 18.3 Å². The molecule has 0 saturated heterocycles. The largest absolute Gasteiger partial charge is 0.392 e. The topological polar surface area (TPSA) is 80.7 Å². The molecule has 4 aliphatic rings. The highest BCUT2D eigenvalue weighted by Gasteiger charge is 2.59. The molecule has 5 nitrogen and oxygen atoms in total. The molecule has 31 heavy (non-hydrogen) atoms. The van der Waals surface area contributed by atoms with E-state index < -0.39 is 21.6 Å².